The van der Waals surface area contributed by atoms with Gasteiger partial charge >= 0.3 is 0 Å². The van der Waals surface area contributed by atoms with Gasteiger partial charge < -0.3 is 9.88 Å². The number of H-pyrrole nitrogens is 1. The standard InChI is InChI=1S/C14H14ClIN4OS/c15-8-1-4-11(16)10(7-8)13(21)17-6-5-12-18-19-14(22)20(12)9-2-3-9/h1,4,7,9H,2-3,5-6H2,(H,17,21)(H,19,22). The Labute approximate surface area is 151 Å². The van der Waals surface area contributed by atoms with E-state index in [2.05, 4.69) is 42.7 Å². The molecule has 1 heterocycles. The lowest BCUT2D eigenvalue weighted by Gasteiger charge is -2.08. The maximum atomic E-state index is 12.2. The maximum absolute atomic E-state index is 12.2. The van der Waals surface area contributed by atoms with Crippen LogP contribution in [0.2, 0.25) is 5.02 Å². The number of aromatic amines is 1. The highest BCUT2D eigenvalue weighted by molar-refractivity contribution is 14.1. The van der Waals surface area contributed by atoms with Crippen LogP contribution < -0.4 is 5.32 Å². The summed E-state index contributed by atoms with van der Waals surface area (Å²) in [6.07, 6.45) is 2.94. The van der Waals surface area contributed by atoms with Crippen molar-refractivity contribution in [3.05, 3.63) is 43.0 Å². The number of halogens is 2. The summed E-state index contributed by atoms with van der Waals surface area (Å²) in [4.78, 5) is 12.2. The van der Waals surface area contributed by atoms with E-state index < -0.39 is 0 Å². The normalized spacial score (nSPS) is 14.1. The van der Waals surface area contributed by atoms with Gasteiger partial charge in [-0.2, -0.15) is 5.10 Å². The zero-order valence-electron chi connectivity index (χ0n) is 11.6. The summed E-state index contributed by atoms with van der Waals surface area (Å²) in [6, 6.07) is 5.76. The van der Waals surface area contributed by atoms with E-state index in [1.165, 1.54) is 0 Å². The molecule has 116 valence electrons. The van der Waals surface area contributed by atoms with Crippen molar-refractivity contribution in [2.75, 3.05) is 6.54 Å². The van der Waals surface area contributed by atoms with Crippen molar-refractivity contribution in [3.8, 4) is 0 Å². The lowest BCUT2D eigenvalue weighted by molar-refractivity contribution is 0.0953. The molecule has 1 aliphatic rings. The molecule has 1 aliphatic carbocycles. The average molecular weight is 449 g/mol. The van der Waals surface area contributed by atoms with Gasteiger partial charge in [-0.1, -0.05) is 11.6 Å². The molecule has 3 rings (SSSR count). The number of hydrogen-bond acceptors (Lipinski definition) is 3. The smallest absolute Gasteiger partial charge is 0.252 e. The molecule has 2 aromatic rings. The van der Waals surface area contributed by atoms with Crippen molar-refractivity contribution in [1.29, 1.82) is 0 Å². The molecule has 0 spiro atoms. The molecule has 0 bridgehead atoms. The molecular weight excluding hydrogens is 435 g/mol. The molecule has 0 unspecified atom stereocenters. The predicted molar refractivity (Wildman–Crippen MR) is 95.9 cm³/mol. The van der Waals surface area contributed by atoms with Crippen LogP contribution in [-0.2, 0) is 6.42 Å². The summed E-state index contributed by atoms with van der Waals surface area (Å²) < 4.78 is 3.60. The Kier molecular flexibility index (Phi) is 4.84. The molecule has 0 radical (unpaired) electrons. The molecular formula is C14H14ClIN4OS. The number of hydrogen-bond donors (Lipinski definition) is 2. The van der Waals surface area contributed by atoms with Crippen LogP contribution in [0.5, 0.6) is 0 Å². The SMILES string of the molecule is O=C(NCCc1n[nH]c(=S)n1C1CC1)c1cc(Cl)ccc1I. The van der Waals surface area contributed by atoms with Crippen molar-refractivity contribution in [2.45, 2.75) is 25.3 Å². The Balaban J connectivity index is 1.62. The number of benzene rings is 1. The van der Waals surface area contributed by atoms with Crippen molar-refractivity contribution in [2.24, 2.45) is 0 Å². The minimum Gasteiger partial charge on any atom is -0.352 e. The summed E-state index contributed by atoms with van der Waals surface area (Å²) >= 11 is 13.3. The second-order valence-electron chi connectivity index (χ2n) is 5.18. The third-order valence-corrected chi connectivity index (χ3v) is 4.96. The Morgan fingerprint density at radius 3 is 3.05 bits per heavy atom. The van der Waals surface area contributed by atoms with Gasteiger partial charge in [-0.05, 0) is 65.8 Å². The first-order valence-corrected chi connectivity index (χ1v) is 8.82. The third-order valence-electron chi connectivity index (χ3n) is 3.50. The van der Waals surface area contributed by atoms with Crippen molar-refractivity contribution >= 4 is 52.3 Å². The fourth-order valence-electron chi connectivity index (χ4n) is 2.28. The van der Waals surface area contributed by atoms with E-state index in [0.29, 0.717) is 34.4 Å². The number of amides is 1. The molecule has 22 heavy (non-hydrogen) atoms. The second kappa shape index (κ2) is 6.67. The number of carbonyl (C=O) groups excluding carboxylic acids is 1. The van der Waals surface area contributed by atoms with Crippen LogP contribution in [-0.4, -0.2) is 27.2 Å². The van der Waals surface area contributed by atoms with Crippen LogP contribution in [0.25, 0.3) is 0 Å². The van der Waals surface area contributed by atoms with E-state index in [-0.39, 0.29) is 5.91 Å². The van der Waals surface area contributed by atoms with Crippen LogP contribution in [0, 0.1) is 8.34 Å². The number of rotatable bonds is 5. The summed E-state index contributed by atoms with van der Waals surface area (Å²) in [7, 11) is 0. The van der Waals surface area contributed by atoms with Gasteiger partial charge in [0.25, 0.3) is 5.91 Å². The van der Waals surface area contributed by atoms with Gasteiger partial charge in [-0.15, -0.1) is 0 Å². The van der Waals surface area contributed by atoms with Gasteiger partial charge in [0, 0.05) is 27.6 Å². The van der Waals surface area contributed by atoms with Crippen LogP contribution in [0.1, 0.15) is 35.1 Å². The van der Waals surface area contributed by atoms with Crippen molar-refractivity contribution < 1.29 is 4.79 Å². The number of nitrogens with one attached hydrogen (secondary N) is 2. The highest BCUT2D eigenvalue weighted by Gasteiger charge is 2.27. The minimum atomic E-state index is -0.126. The lowest BCUT2D eigenvalue weighted by atomic mass is 10.2. The molecule has 1 fully saturated rings. The van der Waals surface area contributed by atoms with Crippen molar-refractivity contribution in [1.82, 2.24) is 20.1 Å². The van der Waals surface area contributed by atoms with E-state index in [1.807, 2.05) is 6.07 Å². The first kappa shape index (κ1) is 15.9. The monoisotopic (exact) mass is 448 g/mol. The van der Waals surface area contributed by atoms with Crippen LogP contribution in [0.3, 0.4) is 0 Å². The molecule has 1 saturated carbocycles. The van der Waals surface area contributed by atoms with E-state index in [0.717, 1.165) is 22.2 Å². The van der Waals surface area contributed by atoms with Gasteiger partial charge in [0.05, 0.1) is 5.56 Å². The average Bonchev–Trinajstić information content (AvgIpc) is 3.25. The Bertz CT molecular complexity index is 768. The quantitative estimate of drug-likeness (QED) is 0.544. The number of aromatic nitrogens is 3. The van der Waals surface area contributed by atoms with Gasteiger partial charge in [0.15, 0.2) is 4.77 Å². The fourth-order valence-corrected chi connectivity index (χ4v) is 3.33. The lowest BCUT2D eigenvalue weighted by Crippen LogP contribution is -2.27. The number of carbonyl (C=O) groups is 1. The first-order chi connectivity index (χ1) is 10.6. The Morgan fingerprint density at radius 2 is 2.32 bits per heavy atom. The van der Waals surface area contributed by atoms with E-state index >= 15 is 0 Å². The van der Waals surface area contributed by atoms with E-state index in [4.69, 9.17) is 23.8 Å². The largest absolute Gasteiger partial charge is 0.352 e. The second-order valence-corrected chi connectivity index (χ2v) is 7.16. The fraction of sp³-hybridized carbons (Fsp3) is 0.357. The summed E-state index contributed by atoms with van der Waals surface area (Å²) in [5, 5.41) is 10.5. The molecule has 8 heteroatoms. The minimum absolute atomic E-state index is 0.126. The van der Waals surface area contributed by atoms with Crippen LogP contribution in [0.15, 0.2) is 18.2 Å². The molecule has 0 saturated heterocycles. The van der Waals surface area contributed by atoms with Gasteiger partial charge in [0.2, 0.25) is 0 Å². The van der Waals surface area contributed by atoms with Crippen LogP contribution in [0.4, 0.5) is 0 Å². The molecule has 1 aromatic carbocycles. The highest BCUT2D eigenvalue weighted by Crippen LogP contribution is 2.35. The summed E-state index contributed by atoms with van der Waals surface area (Å²) in [5.74, 6) is 0.771. The summed E-state index contributed by atoms with van der Waals surface area (Å²) in [5.41, 5.74) is 0.592. The highest BCUT2D eigenvalue weighted by atomic mass is 127. The first-order valence-electron chi connectivity index (χ1n) is 6.95. The zero-order chi connectivity index (χ0) is 15.7. The van der Waals surface area contributed by atoms with E-state index in [1.54, 1.807) is 12.1 Å². The summed E-state index contributed by atoms with van der Waals surface area (Å²) in [6.45, 7) is 0.508. The third kappa shape index (κ3) is 3.52. The molecule has 2 N–H and O–H groups in total. The maximum Gasteiger partial charge on any atom is 0.252 e. The molecule has 0 aliphatic heterocycles. The Morgan fingerprint density at radius 1 is 1.55 bits per heavy atom. The number of nitrogens with zero attached hydrogens (tertiary/aromatic N) is 2. The topological polar surface area (TPSA) is 62.7 Å². The predicted octanol–water partition coefficient (Wildman–Crippen LogP) is 3.51. The molecule has 1 aromatic heterocycles. The molecule has 0 atom stereocenters. The van der Waals surface area contributed by atoms with Gasteiger partial charge in [-0.25, -0.2) is 0 Å². The van der Waals surface area contributed by atoms with Gasteiger partial charge in [-0.3, -0.25) is 9.89 Å². The van der Waals surface area contributed by atoms with Gasteiger partial charge in [0.1, 0.15) is 5.82 Å². The Hall–Kier alpha value is -0.930. The van der Waals surface area contributed by atoms with E-state index in [9.17, 15) is 4.79 Å². The van der Waals surface area contributed by atoms with Crippen LogP contribution >= 0.6 is 46.4 Å². The molecule has 5 nitrogen and oxygen atoms in total. The zero-order valence-corrected chi connectivity index (χ0v) is 15.3. The molecule has 1 amide bonds. The van der Waals surface area contributed by atoms with Crippen molar-refractivity contribution in [3.63, 3.8) is 0 Å².